The molecule has 4 heterocycles. The third-order valence-electron chi connectivity index (χ3n) is 7.76. The molecule has 0 bridgehead atoms. The van der Waals surface area contributed by atoms with Crippen LogP contribution in [0.2, 0.25) is 0 Å². The largest absolute Gasteiger partial charge is 0.487 e. The molecule has 1 fully saturated rings. The summed E-state index contributed by atoms with van der Waals surface area (Å²) in [6.45, 7) is 5.21. The maximum absolute atomic E-state index is 14.1. The van der Waals surface area contributed by atoms with Crippen LogP contribution in [0, 0.1) is 13.8 Å². The lowest BCUT2D eigenvalue weighted by molar-refractivity contribution is -0.138. The van der Waals surface area contributed by atoms with Gasteiger partial charge in [-0.1, -0.05) is 15.9 Å². The van der Waals surface area contributed by atoms with Gasteiger partial charge in [0.25, 0.3) is 11.5 Å². The number of ether oxygens (including phenoxy) is 1. The van der Waals surface area contributed by atoms with Crippen molar-refractivity contribution in [3.8, 4) is 17.6 Å². The number of aliphatic hydroxyl groups excluding tert-OH is 1. The van der Waals surface area contributed by atoms with Crippen LogP contribution in [-0.2, 0) is 19.1 Å². The number of aliphatic hydroxyl groups is 1. The molecule has 1 N–H and O–H groups in total. The van der Waals surface area contributed by atoms with Crippen LogP contribution in [0.3, 0.4) is 0 Å². The molecule has 1 aliphatic heterocycles. The molecule has 0 saturated heterocycles. The minimum atomic E-state index is -4.65. The van der Waals surface area contributed by atoms with E-state index in [4.69, 9.17) is 9.72 Å². The molecule has 6 rings (SSSR count). The van der Waals surface area contributed by atoms with E-state index in [2.05, 4.69) is 31.0 Å². The SMILES string of the molecule is Cc1cc(C)n(-c2nc3c(c(=O)n2-c2ncc(O[C@H]4C[C@@H](O)C4)cn2)CC(C)N(C(=O)c2ccc(Br)c(C(F)(F)F)c2)C3)n1. The number of amides is 1. The number of carbonyl (C=O) groups is 1. The Morgan fingerprint density at radius 3 is 2.45 bits per heavy atom. The summed E-state index contributed by atoms with van der Waals surface area (Å²) < 4.78 is 49.0. The summed E-state index contributed by atoms with van der Waals surface area (Å²) in [7, 11) is 0. The molecular weight excluding hydrogens is 647 g/mol. The van der Waals surface area contributed by atoms with E-state index in [1.807, 2.05) is 6.07 Å². The van der Waals surface area contributed by atoms with Crippen molar-refractivity contribution in [2.45, 2.75) is 71.0 Å². The Labute approximate surface area is 257 Å². The standard InChI is InChI=1S/C29H27BrF3N7O4/c1-14-6-16(3)40(37-14)28-36-24-13-38(25(42)17-4-5-23(30)22(8-17)29(31,32)33)15(2)7-21(24)26(43)39(28)27-34-11-20(12-35-27)44-19-9-18(41)10-19/h4-6,8,11-12,15,18-19,41H,7,9-10,13H2,1-3H3/t15?,18-,19+. The summed E-state index contributed by atoms with van der Waals surface area (Å²) in [4.78, 5) is 42.5. The Morgan fingerprint density at radius 1 is 1.14 bits per heavy atom. The van der Waals surface area contributed by atoms with Gasteiger partial charge in [0, 0.05) is 40.2 Å². The van der Waals surface area contributed by atoms with Crippen molar-refractivity contribution in [3.05, 3.63) is 85.3 Å². The lowest BCUT2D eigenvalue weighted by Crippen LogP contribution is -2.46. The van der Waals surface area contributed by atoms with Gasteiger partial charge < -0.3 is 14.7 Å². The van der Waals surface area contributed by atoms with Crippen LogP contribution in [0.4, 0.5) is 13.2 Å². The Bertz CT molecular complexity index is 1820. The molecule has 11 nitrogen and oxygen atoms in total. The van der Waals surface area contributed by atoms with E-state index < -0.39 is 29.2 Å². The van der Waals surface area contributed by atoms with E-state index in [1.54, 1.807) is 20.8 Å². The lowest BCUT2D eigenvalue weighted by Gasteiger charge is -2.34. The molecule has 230 valence electrons. The first kappa shape index (κ1) is 29.9. The first-order valence-electron chi connectivity index (χ1n) is 13.8. The summed E-state index contributed by atoms with van der Waals surface area (Å²) in [6.07, 6.45) is -1.14. The predicted octanol–water partition coefficient (Wildman–Crippen LogP) is 4.10. The maximum atomic E-state index is 14.1. The molecule has 1 aliphatic carbocycles. The molecule has 15 heteroatoms. The van der Waals surface area contributed by atoms with Crippen LogP contribution in [0.1, 0.15) is 58.3 Å². The van der Waals surface area contributed by atoms with Crippen molar-refractivity contribution in [1.82, 2.24) is 34.2 Å². The van der Waals surface area contributed by atoms with E-state index in [0.717, 1.165) is 6.07 Å². The van der Waals surface area contributed by atoms with Gasteiger partial charge in [0.1, 0.15) is 6.10 Å². The highest BCUT2D eigenvalue weighted by Gasteiger charge is 2.36. The molecule has 4 aromatic rings. The number of aryl methyl sites for hydroxylation is 2. The van der Waals surface area contributed by atoms with Crippen molar-refractivity contribution in [2.75, 3.05) is 0 Å². The fraction of sp³-hybridized carbons (Fsp3) is 0.379. The number of hydrogen-bond donors (Lipinski definition) is 1. The van der Waals surface area contributed by atoms with E-state index >= 15 is 0 Å². The first-order valence-corrected chi connectivity index (χ1v) is 14.6. The molecule has 0 radical (unpaired) electrons. The van der Waals surface area contributed by atoms with Crippen molar-refractivity contribution in [1.29, 1.82) is 0 Å². The highest BCUT2D eigenvalue weighted by molar-refractivity contribution is 9.10. The van der Waals surface area contributed by atoms with Gasteiger partial charge in [-0.15, -0.1) is 0 Å². The summed E-state index contributed by atoms with van der Waals surface area (Å²) >= 11 is 2.91. The number of benzene rings is 1. The number of fused-ring (bicyclic) bond motifs is 1. The molecule has 44 heavy (non-hydrogen) atoms. The van der Waals surface area contributed by atoms with Crippen LogP contribution in [0.15, 0.2) is 45.9 Å². The molecule has 1 aromatic carbocycles. The average molecular weight is 674 g/mol. The zero-order valence-corrected chi connectivity index (χ0v) is 25.4. The van der Waals surface area contributed by atoms with Crippen molar-refractivity contribution < 1.29 is 27.8 Å². The number of aromatic nitrogens is 6. The average Bonchev–Trinajstić information content (AvgIpc) is 3.29. The Balaban J connectivity index is 1.39. The first-order chi connectivity index (χ1) is 20.8. The van der Waals surface area contributed by atoms with Crippen LogP contribution >= 0.6 is 15.9 Å². The summed E-state index contributed by atoms with van der Waals surface area (Å²) in [6, 6.07) is 4.63. The second-order valence-corrected chi connectivity index (χ2v) is 11.9. The minimum Gasteiger partial charge on any atom is -0.487 e. The second-order valence-electron chi connectivity index (χ2n) is 11.1. The highest BCUT2D eigenvalue weighted by Crippen LogP contribution is 2.36. The van der Waals surface area contributed by atoms with Crippen LogP contribution in [-0.4, -0.2) is 63.5 Å². The number of alkyl halides is 3. The topological polar surface area (TPSA) is 128 Å². The van der Waals surface area contributed by atoms with Gasteiger partial charge >= 0.3 is 6.18 Å². The number of nitrogens with zero attached hydrogens (tertiary/aromatic N) is 7. The van der Waals surface area contributed by atoms with Gasteiger partial charge in [-0.05, 0) is 51.5 Å². The molecule has 1 unspecified atom stereocenters. The summed E-state index contributed by atoms with van der Waals surface area (Å²) in [5.41, 5.74) is 0.462. The van der Waals surface area contributed by atoms with Gasteiger partial charge in [0.05, 0.1) is 42.0 Å². The smallest absolute Gasteiger partial charge is 0.417 e. The quantitative estimate of drug-likeness (QED) is 0.336. The number of hydrogen-bond acceptors (Lipinski definition) is 8. The molecule has 1 amide bonds. The van der Waals surface area contributed by atoms with Crippen molar-refractivity contribution >= 4 is 21.8 Å². The number of rotatable bonds is 5. The normalized spacial score (nSPS) is 19.8. The maximum Gasteiger partial charge on any atom is 0.417 e. The van der Waals surface area contributed by atoms with Crippen LogP contribution in [0.5, 0.6) is 5.75 Å². The molecule has 2 aliphatic rings. The zero-order chi connectivity index (χ0) is 31.5. The molecule has 0 spiro atoms. The molecule has 3 aromatic heterocycles. The van der Waals surface area contributed by atoms with Gasteiger partial charge in [-0.2, -0.15) is 18.3 Å². The lowest BCUT2D eigenvalue weighted by atomic mass is 9.92. The molecule has 1 atom stereocenters. The van der Waals surface area contributed by atoms with E-state index in [9.17, 15) is 27.9 Å². The van der Waals surface area contributed by atoms with Gasteiger partial charge in [0.2, 0.25) is 11.9 Å². The van der Waals surface area contributed by atoms with Crippen LogP contribution < -0.4 is 10.3 Å². The molecule has 1 saturated carbocycles. The summed E-state index contributed by atoms with van der Waals surface area (Å²) in [5, 5.41) is 14.0. The highest BCUT2D eigenvalue weighted by atomic mass is 79.9. The second kappa shape index (κ2) is 11.1. The fourth-order valence-electron chi connectivity index (χ4n) is 5.43. The summed E-state index contributed by atoms with van der Waals surface area (Å²) in [5.74, 6) is -0.0889. The third-order valence-corrected chi connectivity index (χ3v) is 8.45. The zero-order valence-electron chi connectivity index (χ0n) is 23.8. The predicted molar refractivity (Wildman–Crippen MR) is 154 cm³/mol. The Morgan fingerprint density at radius 2 is 1.84 bits per heavy atom. The van der Waals surface area contributed by atoms with Gasteiger partial charge in [0.15, 0.2) is 5.75 Å². The van der Waals surface area contributed by atoms with E-state index in [-0.39, 0.29) is 47.1 Å². The Kier molecular flexibility index (Phi) is 7.56. The van der Waals surface area contributed by atoms with E-state index in [1.165, 1.54) is 38.7 Å². The van der Waals surface area contributed by atoms with Crippen molar-refractivity contribution in [2.24, 2.45) is 0 Å². The molecular formula is C29H27BrF3N7O4. The fourth-order valence-corrected chi connectivity index (χ4v) is 5.90. The van der Waals surface area contributed by atoms with Gasteiger partial charge in [-0.25, -0.2) is 24.2 Å². The van der Waals surface area contributed by atoms with E-state index in [0.29, 0.717) is 41.2 Å². The monoisotopic (exact) mass is 673 g/mol. The Hall–Kier alpha value is -4.11. The number of halogens is 4. The van der Waals surface area contributed by atoms with Gasteiger partial charge in [-0.3, -0.25) is 9.59 Å². The van der Waals surface area contributed by atoms with Crippen molar-refractivity contribution in [3.63, 3.8) is 0 Å². The number of carbonyl (C=O) groups excluding carboxylic acids is 1. The third kappa shape index (κ3) is 5.49. The minimum absolute atomic E-state index is 0.0366. The van der Waals surface area contributed by atoms with Crippen LogP contribution in [0.25, 0.3) is 11.9 Å².